The van der Waals surface area contributed by atoms with E-state index in [4.69, 9.17) is 0 Å². The van der Waals surface area contributed by atoms with Gasteiger partial charge in [-0.15, -0.1) is 0 Å². The fourth-order valence-electron chi connectivity index (χ4n) is 12.0. The molecule has 0 radical (unpaired) electrons. The van der Waals surface area contributed by atoms with Crippen LogP contribution >= 0.6 is 0 Å². The van der Waals surface area contributed by atoms with Crippen molar-refractivity contribution in [1.82, 2.24) is 0 Å². The monoisotopic (exact) mass is 794 g/mol. The van der Waals surface area contributed by atoms with E-state index in [0.29, 0.717) is 0 Å². The maximum absolute atomic E-state index is 2.47. The van der Waals surface area contributed by atoms with Gasteiger partial charge < -0.3 is 0 Å². The Kier molecular flexibility index (Phi) is 7.13. The minimum Gasteiger partial charge on any atom is -0.0622 e. The normalized spacial score (nSPS) is 13.2. The molecule has 290 valence electrons. The first-order valence-electron chi connectivity index (χ1n) is 22.1. The highest BCUT2D eigenvalue weighted by Gasteiger charge is 2.53. The molecular weight excluding hydrogens is 757 g/mol. The molecule has 0 amide bonds. The summed E-state index contributed by atoms with van der Waals surface area (Å²) in [4.78, 5) is 0. The minimum absolute atomic E-state index is 0.463. The van der Waals surface area contributed by atoms with Crippen molar-refractivity contribution in [3.63, 3.8) is 0 Å². The van der Waals surface area contributed by atoms with Gasteiger partial charge in [0.15, 0.2) is 0 Å². The van der Waals surface area contributed by atoms with E-state index < -0.39 is 5.41 Å². The molecule has 0 saturated carbocycles. The summed E-state index contributed by atoms with van der Waals surface area (Å²) in [5, 5.41) is 12.9. The van der Waals surface area contributed by atoms with E-state index >= 15 is 0 Å². The van der Waals surface area contributed by atoms with E-state index in [1.807, 2.05) is 0 Å². The van der Waals surface area contributed by atoms with Crippen LogP contribution in [0.3, 0.4) is 0 Å². The Bertz CT molecular complexity index is 3790. The maximum Gasteiger partial charge on any atom is 0.0732 e. The lowest BCUT2D eigenvalue weighted by molar-refractivity contribution is 0.802. The van der Waals surface area contributed by atoms with Gasteiger partial charge in [0, 0.05) is 0 Å². The van der Waals surface area contributed by atoms with Crippen molar-refractivity contribution in [1.29, 1.82) is 0 Å². The second-order valence-corrected chi connectivity index (χ2v) is 17.4. The molecule has 0 unspecified atom stereocenters. The third-order valence-electron chi connectivity index (χ3n) is 14.4. The maximum atomic E-state index is 2.47. The summed E-state index contributed by atoms with van der Waals surface area (Å²) in [6, 6.07) is 86.5. The van der Waals surface area contributed by atoms with Crippen LogP contribution in [0.5, 0.6) is 0 Å². The van der Waals surface area contributed by atoms with Crippen molar-refractivity contribution in [3.8, 4) is 55.6 Å². The van der Waals surface area contributed by atoms with E-state index in [9.17, 15) is 0 Å². The molecule has 0 aromatic heterocycles. The van der Waals surface area contributed by atoms with Crippen molar-refractivity contribution < 1.29 is 0 Å². The summed E-state index contributed by atoms with van der Waals surface area (Å²) >= 11 is 0. The van der Waals surface area contributed by atoms with Gasteiger partial charge >= 0.3 is 0 Å². The molecule has 0 saturated heterocycles. The smallest absolute Gasteiger partial charge is 0.0622 e. The molecule has 0 aliphatic heterocycles. The number of hydrogen-bond acceptors (Lipinski definition) is 0. The van der Waals surface area contributed by atoms with Crippen LogP contribution in [0.2, 0.25) is 0 Å². The zero-order valence-corrected chi connectivity index (χ0v) is 34.4. The molecule has 0 N–H and O–H groups in total. The average molecular weight is 795 g/mol. The van der Waals surface area contributed by atoms with E-state index in [-0.39, 0.29) is 0 Å². The van der Waals surface area contributed by atoms with Gasteiger partial charge in [-0.2, -0.15) is 0 Å². The molecule has 0 atom stereocenters. The molecule has 63 heavy (non-hydrogen) atoms. The van der Waals surface area contributed by atoms with Crippen LogP contribution in [0.15, 0.2) is 231 Å². The lowest BCUT2D eigenvalue weighted by atomic mass is 9.69. The summed E-state index contributed by atoms with van der Waals surface area (Å²) in [5.41, 5.74) is 17.9. The van der Waals surface area contributed by atoms with Crippen molar-refractivity contribution in [2.75, 3.05) is 0 Å². The Hall–Kier alpha value is -8.06. The third kappa shape index (κ3) is 4.60. The fourth-order valence-corrected chi connectivity index (χ4v) is 12.0. The van der Waals surface area contributed by atoms with Crippen LogP contribution in [0.4, 0.5) is 0 Å². The molecule has 12 aromatic rings. The molecule has 0 heteroatoms. The molecule has 12 aromatic carbocycles. The van der Waals surface area contributed by atoms with Crippen LogP contribution in [0.25, 0.3) is 109 Å². The predicted octanol–water partition coefficient (Wildman–Crippen LogP) is 16.8. The van der Waals surface area contributed by atoms with E-state index in [2.05, 4.69) is 231 Å². The minimum atomic E-state index is -0.463. The van der Waals surface area contributed by atoms with Crippen LogP contribution in [0, 0.1) is 0 Å². The predicted molar refractivity (Wildman–Crippen MR) is 267 cm³/mol. The molecule has 0 fully saturated rings. The Labute approximate surface area is 366 Å². The van der Waals surface area contributed by atoms with Crippen molar-refractivity contribution in [3.05, 3.63) is 253 Å². The Balaban J connectivity index is 1.01. The lowest BCUT2D eigenvalue weighted by Crippen LogP contribution is -2.26. The van der Waals surface area contributed by atoms with Crippen molar-refractivity contribution >= 4 is 53.9 Å². The third-order valence-corrected chi connectivity index (χ3v) is 14.4. The molecule has 0 bridgehead atoms. The Morgan fingerprint density at radius 2 is 0.683 bits per heavy atom. The number of fused-ring (bicyclic) bond motifs is 19. The van der Waals surface area contributed by atoms with Gasteiger partial charge in [-0.05, 0) is 138 Å². The lowest BCUT2D eigenvalue weighted by Gasteiger charge is -2.32. The standard InChI is InChI=1S/C63H38/c1-2-17-41(18-3-1)58-49-24-8-10-26-51(49)59(52-27-11-9-25-50(52)58)42-32-30-39(31-33-42)43-34-36-53-54(38-43)45-20-6-7-23-48(45)61-60-44-19-5-4-16-40(44)35-37-57(60)63(62(53)61)55-28-14-12-21-46(55)47-22-13-15-29-56(47)63/h1-38H. The number of hydrogen-bond donors (Lipinski definition) is 0. The topological polar surface area (TPSA) is 0 Å². The van der Waals surface area contributed by atoms with Gasteiger partial charge in [0.1, 0.15) is 0 Å². The highest BCUT2D eigenvalue weighted by atomic mass is 14.5. The zero-order valence-electron chi connectivity index (χ0n) is 34.4. The van der Waals surface area contributed by atoms with Crippen LogP contribution in [-0.4, -0.2) is 0 Å². The van der Waals surface area contributed by atoms with E-state index in [0.717, 1.165) is 0 Å². The summed E-state index contributed by atoms with van der Waals surface area (Å²) in [6.07, 6.45) is 0. The second kappa shape index (κ2) is 13.0. The van der Waals surface area contributed by atoms with Gasteiger partial charge in [-0.25, -0.2) is 0 Å². The summed E-state index contributed by atoms with van der Waals surface area (Å²) in [7, 11) is 0. The first kappa shape index (κ1) is 34.6. The van der Waals surface area contributed by atoms with Crippen LogP contribution in [0.1, 0.15) is 22.3 Å². The number of benzene rings is 12. The largest absolute Gasteiger partial charge is 0.0732 e. The SMILES string of the molecule is c1ccc(-c2c3ccccc3c(-c3ccc(-c4ccc5c6c(c7ccccc7c5c4)-c4c(ccc5ccccc45)C64c5ccccc5-c5ccccc54)cc3)c3ccccc23)cc1. The number of rotatable bonds is 3. The van der Waals surface area contributed by atoms with E-state index in [1.165, 1.54) is 132 Å². The van der Waals surface area contributed by atoms with Gasteiger partial charge in [-0.1, -0.05) is 224 Å². The quantitative estimate of drug-likeness (QED) is 0.123. The summed E-state index contributed by atoms with van der Waals surface area (Å²) in [6.45, 7) is 0. The van der Waals surface area contributed by atoms with Crippen molar-refractivity contribution in [2.24, 2.45) is 0 Å². The second-order valence-electron chi connectivity index (χ2n) is 17.4. The van der Waals surface area contributed by atoms with Gasteiger partial charge in [0.2, 0.25) is 0 Å². The zero-order chi connectivity index (χ0) is 41.2. The average Bonchev–Trinajstić information content (AvgIpc) is 3.84. The van der Waals surface area contributed by atoms with Crippen LogP contribution in [-0.2, 0) is 5.41 Å². The molecule has 2 aliphatic rings. The Morgan fingerprint density at radius 3 is 1.30 bits per heavy atom. The molecular formula is C63H38. The first-order chi connectivity index (χ1) is 31.3. The molecule has 2 aliphatic carbocycles. The summed E-state index contributed by atoms with van der Waals surface area (Å²) < 4.78 is 0. The van der Waals surface area contributed by atoms with Gasteiger partial charge in [0.05, 0.1) is 5.41 Å². The highest BCUT2D eigenvalue weighted by Crippen LogP contribution is 2.66. The van der Waals surface area contributed by atoms with Gasteiger partial charge in [0.25, 0.3) is 0 Å². The Morgan fingerprint density at radius 1 is 0.222 bits per heavy atom. The fraction of sp³-hybridized carbons (Fsp3) is 0.0159. The summed E-state index contributed by atoms with van der Waals surface area (Å²) in [5.74, 6) is 0. The molecule has 1 spiro atoms. The van der Waals surface area contributed by atoms with E-state index in [1.54, 1.807) is 0 Å². The molecule has 0 nitrogen and oxygen atoms in total. The van der Waals surface area contributed by atoms with Crippen molar-refractivity contribution in [2.45, 2.75) is 5.41 Å². The first-order valence-corrected chi connectivity index (χ1v) is 22.1. The highest BCUT2D eigenvalue weighted by molar-refractivity contribution is 6.24. The molecule has 14 rings (SSSR count). The van der Waals surface area contributed by atoms with Gasteiger partial charge in [-0.3, -0.25) is 0 Å². The molecule has 0 heterocycles. The van der Waals surface area contributed by atoms with Crippen LogP contribution < -0.4 is 0 Å².